The number of ketones is 1. The number of aromatic nitrogens is 2. The molecule has 1 aliphatic carbocycles. The first-order valence-electron chi connectivity index (χ1n) is 8.60. The van der Waals surface area contributed by atoms with Crippen LogP contribution in [0.2, 0.25) is 0 Å². The van der Waals surface area contributed by atoms with Crippen LogP contribution in [0.1, 0.15) is 29.9 Å². The first kappa shape index (κ1) is 14.3. The number of carbonyl (C=O) groups is 1. The van der Waals surface area contributed by atoms with Gasteiger partial charge < -0.3 is 5.32 Å². The molecule has 0 saturated carbocycles. The summed E-state index contributed by atoms with van der Waals surface area (Å²) >= 11 is 0. The standard InChI is InChI=1S/C21H17N3O/c25-18-7-1-6-16-21(18)19(13-4-2-10-22-12-13)20-14-5-3-11-23-15(14)8-9-17(20)24-16/h2-6,8-12,19,21,24H,1,7H2. The largest absolute Gasteiger partial charge is 0.358 e. The van der Waals surface area contributed by atoms with Crippen molar-refractivity contribution in [3.8, 4) is 0 Å². The Morgan fingerprint density at radius 2 is 1.96 bits per heavy atom. The van der Waals surface area contributed by atoms with E-state index in [-0.39, 0.29) is 11.8 Å². The van der Waals surface area contributed by atoms with Crippen LogP contribution in [0.3, 0.4) is 0 Å². The van der Waals surface area contributed by atoms with Gasteiger partial charge in [-0.05, 0) is 41.8 Å². The summed E-state index contributed by atoms with van der Waals surface area (Å²) in [5.74, 6) is 0.0959. The summed E-state index contributed by atoms with van der Waals surface area (Å²) in [6, 6.07) is 12.2. The third kappa shape index (κ3) is 2.18. The average molecular weight is 327 g/mol. The van der Waals surface area contributed by atoms with Crippen molar-refractivity contribution in [2.24, 2.45) is 5.92 Å². The highest BCUT2D eigenvalue weighted by atomic mass is 16.1. The maximum absolute atomic E-state index is 12.8. The Hall–Kier alpha value is -3.01. The van der Waals surface area contributed by atoms with Crippen LogP contribution < -0.4 is 5.32 Å². The molecule has 0 saturated heterocycles. The van der Waals surface area contributed by atoms with Gasteiger partial charge in [-0.2, -0.15) is 0 Å². The minimum Gasteiger partial charge on any atom is -0.358 e. The van der Waals surface area contributed by atoms with Crippen molar-refractivity contribution in [3.63, 3.8) is 0 Å². The fourth-order valence-electron chi connectivity index (χ4n) is 4.18. The van der Waals surface area contributed by atoms with Crippen LogP contribution >= 0.6 is 0 Å². The number of carbonyl (C=O) groups excluding carboxylic acids is 1. The van der Waals surface area contributed by atoms with Crippen LogP contribution in [-0.4, -0.2) is 15.8 Å². The van der Waals surface area contributed by atoms with E-state index in [9.17, 15) is 4.79 Å². The smallest absolute Gasteiger partial charge is 0.143 e. The number of Topliss-reactive ketones (excluding diaryl/α,β-unsaturated/α-hetero) is 1. The van der Waals surface area contributed by atoms with E-state index in [0.29, 0.717) is 12.2 Å². The second kappa shape index (κ2) is 5.52. The molecular weight excluding hydrogens is 310 g/mol. The Balaban J connectivity index is 1.84. The lowest BCUT2D eigenvalue weighted by molar-refractivity contribution is -0.122. The SMILES string of the molecule is O=C1CCC=C2Nc3ccc4ncccc4c3C(c3cccnc3)C12. The highest BCUT2D eigenvalue weighted by Gasteiger charge is 2.40. The van der Waals surface area contributed by atoms with Crippen molar-refractivity contribution >= 4 is 22.4 Å². The minimum absolute atomic E-state index is 0.0306. The van der Waals surface area contributed by atoms with Gasteiger partial charge in [-0.3, -0.25) is 14.8 Å². The number of hydrogen-bond donors (Lipinski definition) is 1. The molecule has 0 bridgehead atoms. The molecule has 2 aromatic heterocycles. The Kier molecular flexibility index (Phi) is 3.17. The number of nitrogens with one attached hydrogen (secondary N) is 1. The molecule has 1 N–H and O–H groups in total. The Bertz CT molecular complexity index is 1010. The summed E-state index contributed by atoms with van der Waals surface area (Å²) in [5, 5.41) is 4.61. The molecule has 3 heterocycles. The Morgan fingerprint density at radius 3 is 2.84 bits per heavy atom. The van der Waals surface area contributed by atoms with E-state index in [2.05, 4.69) is 39.6 Å². The quantitative estimate of drug-likeness (QED) is 0.732. The van der Waals surface area contributed by atoms with Crippen molar-refractivity contribution in [1.82, 2.24) is 9.97 Å². The number of nitrogens with zero attached hydrogens (tertiary/aromatic N) is 2. The van der Waals surface area contributed by atoms with E-state index in [0.717, 1.165) is 39.8 Å². The molecule has 2 unspecified atom stereocenters. The summed E-state index contributed by atoms with van der Waals surface area (Å²) in [6.07, 6.45) is 9.05. The zero-order valence-electron chi connectivity index (χ0n) is 13.6. The molecule has 5 rings (SSSR count). The van der Waals surface area contributed by atoms with Gasteiger partial charge in [0, 0.05) is 47.7 Å². The lowest BCUT2D eigenvalue weighted by Crippen LogP contribution is -2.34. The lowest BCUT2D eigenvalue weighted by atomic mass is 9.70. The number of fused-ring (bicyclic) bond motifs is 4. The molecule has 3 aromatic rings. The summed E-state index contributed by atoms with van der Waals surface area (Å²) in [5.41, 5.74) is 5.27. The van der Waals surface area contributed by atoms with Crippen LogP contribution in [-0.2, 0) is 4.79 Å². The van der Waals surface area contributed by atoms with Gasteiger partial charge in [-0.1, -0.05) is 18.2 Å². The molecule has 1 aliphatic heterocycles. The predicted molar refractivity (Wildman–Crippen MR) is 97.3 cm³/mol. The van der Waals surface area contributed by atoms with E-state index in [1.54, 1.807) is 12.4 Å². The van der Waals surface area contributed by atoms with Gasteiger partial charge in [-0.15, -0.1) is 0 Å². The average Bonchev–Trinajstić information content (AvgIpc) is 2.67. The van der Waals surface area contributed by atoms with Gasteiger partial charge in [0.15, 0.2) is 0 Å². The number of hydrogen-bond acceptors (Lipinski definition) is 4. The molecule has 2 atom stereocenters. The molecule has 25 heavy (non-hydrogen) atoms. The van der Waals surface area contributed by atoms with Gasteiger partial charge in [0.25, 0.3) is 0 Å². The first-order valence-corrected chi connectivity index (χ1v) is 8.60. The number of rotatable bonds is 1. The highest BCUT2D eigenvalue weighted by Crippen LogP contribution is 2.48. The van der Waals surface area contributed by atoms with Gasteiger partial charge in [0.05, 0.1) is 11.4 Å². The molecule has 2 aliphatic rings. The van der Waals surface area contributed by atoms with Crippen LogP contribution in [0, 0.1) is 5.92 Å². The molecule has 0 radical (unpaired) electrons. The number of allylic oxidation sites excluding steroid dienone is 2. The monoisotopic (exact) mass is 327 g/mol. The molecule has 0 spiro atoms. The molecule has 4 heteroatoms. The van der Waals surface area contributed by atoms with E-state index in [1.165, 1.54) is 0 Å². The zero-order chi connectivity index (χ0) is 16.8. The fourth-order valence-corrected chi connectivity index (χ4v) is 4.18. The van der Waals surface area contributed by atoms with Crippen LogP contribution in [0.15, 0.2) is 66.8 Å². The Labute approximate surface area is 145 Å². The molecule has 4 nitrogen and oxygen atoms in total. The van der Waals surface area contributed by atoms with E-state index in [1.807, 2.05) is 24.4 Å². The summed E-state index contributed by atoms with van der Waals surface area (Å²) in [6.45, 7) is 0. The molecule has 122 valence electrons. The van der Waals surface area contributed by atoms with Gasteiger partial charge >= 0.3 is 0 Å². The fraction of sp³-hybridized carbons (Fsp3) is 0.190. The number of pyridine rings is 2. The van der Waals surface area contributed by atoms with Crippen molar-refractivity contribution in [1.29, 1.82) is 0 Å². The molecular formula is C21H17N3O. The molecule has 1 aromatic carbocycles. The van der Waals surface area contributed by atoms with Crippen LogP contribution in [0.5, 0.6) is 0 Å². The van der Waals surface area contributed by atoms with Gasteiger partial charge in [0.2, 0.25) is 0 Å². The van der Waals surface area contributed by atoms with Crippen LogP contribution in [0.4, 0.5) is 5.69 Å². The van der Waals surface area contributed by atoms with Gasteiger partial charge in [0.1, 0.15) is 5.78 Å². The maximum atomic E-state index is 12.8. The van der Waals surface area contributed by atoms with Crippen molar-refractivity contribution in [2.75, 3.05) is 5.32 Å². The summed E-state index contributed by atoms with van der Waals surface area (Å²) in [4.78, 5) is 21.6. The second-order valence-corrected chi connectivity index (χ2v) is 6.63. The summed E-state index contributed by atoms with van der Waals surface area (Å²) < 4.78 is 0. The van der Waals surface area contributed by atoms with Crippen LogP contribution in [0.25, 0.3) is 10.9 Å². The normalized spacial score (nSPS) is 21.9. The number of anilines is 1. The summed E-state index contributed by atoms with van der Waals surface area (Å²) in [7, 11) is 0. The predicted octanol–water partition coefficient (Wildman–Crippen LogP) is 4.05. The number of benzene rings is 1. The van der Waals surface area contributed by atoms with E-state index in [4.69, 9.17) is 0 Å². The van der Waals surface area contributed by atoms with Crippen molar-refractivity contribution < 1.29 is 4.79 Å². The topological polar surface area (TPSA) is 54.9 Å². The second-order valence-electron chi connectivity index (χ2n) is 6.63. The zero-order valence-corrected chi connectivity index (χ0v) is 13.6. The third-order valence-electron chi connectivity index (χ3n) is 5.23. The highest BCUT2D eigenvalue weighted by molar-refractivity contribution is 5.95. The van der Waals surface area contributed by atoms with Crippen molar-refractivity contribution in [2.45, 2.75) is 18.8 Å². The minimum atomic E-state index is -0.170. The molecule has 0 amide bonds. The van der Waals surface area contributed by atoms with Gasteiger partial charge in [-0.25, -0.2) is 0 Å². The molecule has 0 fully saturated rings. The van der Waals surface area contributed by atoms with E-state index < -0.39 is 0 Å². The lowest BCUT2D eigenvalue weighted by Gasteiger charge is -2.38. The Morgan fingerprint density at radius 1 is 1.04 bits per heavy atom. The van der Waals surface area contributed by atoms with Crippen molar-refractivity contribution in [3.05, 3.63) is 77.9 Å². The first-order chi connectivity index (χ1) is 12.3. The third-order valence-corrected chi connectivity index (χ3v) is 5.23. The maximum Gasteiger partial charge on any atom is 0.143 e. The van der Waals surface area contributed by atoms with E-state index >= 15 is 0 Å².